The summed E-state index contributed by atoms with van der Waals surface area (Å²) >= 11 is 3.50. The van der Waals surface area contributed by atoms with Crippen LogP contribution in [0.5, 0.6) is 0 Å². The topological polar surface area (TPSA) is 44.4 Å². The van der Waals surface area contributed by atoms with Crippen LogP contribution in [-0.2, 0) is 4.79 Å². The van der Waals surface area contributed by atoms with Crippen LogP contribution in [-0.4, -0.2) is 43.0 Å². The molecular formula is C19H28BrN3O. The van der Waals surface area contributed by atoms with Gasteiger partial charge in [-0.3, -0.25) is 9.69 Å². The Morgan fingerprint density at radius 1 is 1.33 bits per heavy atom. The lowest BCUT2D eigenvalue weighted by atomic mass is 9.95. The van der Waals surface area contributed by atoms with Crippen LogP contribution in [0.15, 0.2) is 28.7 Å². The van der Waals surface area contributed by atoms with Crippen molar-refractivity contribution in [1.82, 2.24) is 15.5 Å². The molecule has 2 aliphatic heterocycles. The average molecular weight is 394 g/mol. The predicted octanol–water partition coefficient (Wildman–Crippen LogP) is 3.09. The fraction of sp³-hybridized carbons (Fsp3) is 0.632. The minimum atomic E-state index is 0.0337. The van der Waals surface area contributed by atoms with Crippen LogP contribution in [0.25, 0.3) is 0 Å². The lowest BCUT2D eigenvalue weighted by Gasteiger charge is -2.37. The number of carbonyl (C=O) groups excluding carboxylic acids is 1. The van der Waals surface area contributed by atoms with E-state index in [0.29, 0.717) is 12.0 Å². The fourth-order valence-corrected chi connectivity index (χ4v) is 4.11. The summed E-state index contributed by atoms with van der Waals surface area (Å²) in [6, 6.07) is 9.08. The van der Waals surface area contributed by atoms with Gasteiger partial charge in [0.25, 0.3) is 0 Å². The highest BCUT2D eigenvalue weighted by Gasteiger charge is 2.26. The highest BCUT2D eigenvalue weighted by Crippen LogP contribution is 2.27. The van der Waals surface area contributed by atoms with Gasteiger partial charge in [0.2, 0.25) is 5.91 Å². The molecule has 0 aromatic heterocycles. The third kappa shape index (κ3) is 4.58. The Balaban J connectivity index is 1.50. The van der Waals surface area contributed by atoms with Gasteiger partial charge in [-0.25, -0.2) is 0 Å². The molecule has 2 aliphatic rings. The van der Waals surface area contributed by atoms with Gasteiger partial charge in [-0.05, 0) is 69.3 Å². The molecular weight excluding hydrogens is 366 g/mol. The van der Waals surface area contributed by atoms with Gasteiger partial charge in [-0.15, -0.1) is 0 Å². The van der Waals surface area contributed by atoms with Crippen molar-refractivity contribution in [1.29, 1.82) is 0 Å². The van der Waals surface area contributed by atoms with E-state index in [9.17, 15) is 4.79 Å². The molecule has 24 heavy (non-hydrogen) atoms. The van der Waals surface area contributed by atoms with E-state index in [1.54, 1.807) is 0 Å². The molecule has 2 N–H and O–H groups in total. The second-order valence-corrected chi connectivity index (χ2v) is 8.04. The Morgan fingerprint density at radius 2 is 2.12 bits per heavy atom. The largest absolute Gasteiger partial charge is 0.354 e. The van der Waals surface area contributed by atoms with Gasteiger partial charge >= 0.3 is 0 Å². The summed E-state index contributed by atoms with van der Waals surface area (Å²) in [7, 11) is 0. The molecule has 1 aromatic carbocycles. The highest BCUT2D eigenvalue weighted by molar-refractivity contribution is 9.10. The van der Waals surface area contributed by atoms with Crippen LogP contribution < -0.4 is 10.6 Å². The summed E-state index contributed by atoms with van der Waals surface area (Å²) < 4.78 is 1.12. The van der Waals surface area contributed by atoms with Crippen molar-refractivity contribution in [2.45, 2.75) is 44.7 Å². The average Bonchev–Trinajstić information content (AvgIpc) is 3.15. The smallest absolute Gasteiger partial charge is 0.237 e. The zero-order chi connectivity index (χ0) is 16.9. The van der Waals surface area contributed by atoms with Crippen molar-refractivity contribution in [3.63, 3.8) is 0 Å². The number of piperidine rings is 1. The van der Waals surface area contributed by atoms with E-state index < -0.39 is 0 Å². The van der Waals surface area contributed by atoms with E-state index in [0.717, 1.165) is 43.5 Å². The molecule has 2 fully saturated rings. The van der Waals surface area contributed by atoms with E-state index in [2.05, 4.69) is 62.7 Å². The third-order valence-electron chi connectivity index (χ3n) is 5.39. The maximum absolute atomic E-state index is 12.2. The molecule has 4 nitrogen and oxygen atoms in total. The summed E-state index contributed by atoms with van der Waals surface area (Å²) in [5, 5.41) is 6.44. The molecule has 2 saturated heterocycles. The van der Waals surface area contributed by atoms with Crippen LogP contribution in [0.1, 0.15) is 44.2 Å². The standard InChI is InChI=1S/C19H28BrN3O/c1-14(16-6-8-17(20)9-7-16)23-11-3-4-15(13-23)12-22-19(24)18-5-2-10-21-18/h6-9,14-15,18,21H,2-5,10-13H2,1H3,(H,22,24). The normalized spacial score (nSPS) is 26.2. The maximum atomic E-state index is 12.2. The van der Waals surface area contributed by atoms with E-state index in [1.807, 2.05) is 0 Å². The number of benzene rings is 1. The van der Waals surface area contributed by atoms with E-state index in [-0.39, 0.29) is 11.9 Å². The zero-order valence-corrected chi connectivity index (χ0v) is 16.0. The molecule has 0 radical (unpaired) electrons. The van der Waals surface area contributed by atoms with Crippen LogP contribution >= 0.6 is 15.9 Å². The zero-order valence-electron chi connectivity index (χ0n) is 14.4. The number of amides is 1. The summed E-state index contributed by atoms with van der Waals surface area (Å²) in [5.74, 6) is 0.743. The second kappa shape index (κ2) is 8.45. The first-order valence-electron chi connectivity index (χ1n) is 9.14. The molecule has 3 atom stereocenters. The molecule has 0 bridgehead atoms. The number of halogens is 1. The molecule has 0 aliphatic carbocycles. The SMILES string of the molecule is CC(c1ccc(Br)cc1)N1CCCC(CNC(=O)C2CCCN2)C1. The lowest BCUT2D eigenvalue weighted by Crippen LogP contribution is -2.45. The number of rotatable bonds is 5. The van der Waals surface area contributed by atoms with Gasteiger partial charge in [0.05, 0.1) is 6.04 Å². The first-order valence-corrected chi connectivity index (χ1v) is 9.93. The van der Waals surface area contributed by atoms with Crippen molar-refractivity contribution in [2.75, 3.05) is 26.2 Å². The summed E-state index contributed by atoms with van der Waals surface area (Å²) in [6.07, 6.45) is 4.51. The maximum Gasteiger partial charge on any atom is 0.237 e. The Bertz CT molecular complexity index is 542. The Kier molecular flexibility index (Phi) is 6.31. The van der Waals surface area contributed by atoms with Gasteiger partial charge in [0.15, 0.2) is 0 Å². The van der Waals surface area contributed by atoms with Crippen molar-refractivity contribution in [3.8, 4) is 0 Å². The number of carbonyl (C=O) groups is 1. The molecule has 1 amide bonds. The van der Waals surface area contributed by atoms with E-state index >= 15 is 0 Å². The molecule has 132 valence electrons. The summed E-state index contributed by atoms with van der Waals surface area (Å²) in [5.41, 5.74) is 1.36. The van der Waals surface area contributed by atoms with E-state index in [1.165, 1.54) is 18.4 Å². The monoisotopic (exact) mass is 393 g/mol. The van der Waals surface area contributed by atoms with E-state index in [4.69, 9.17) is 0 Å². The van der Waals surface area contributed by atoms with Gasteiger partial charge in [0.1, 0.15) is 0 Å². The van der Waals surface area contributed by atoms with Crippen LogP contribution in [0.2, 0.25) is 0 Å². The number of hydrogen-bond acceptors (Lipinski definition) is 3. The molecule has 0 saturated carbocycles. The number of nitrogens with one attached hydrogen (secondary N) is 2. The van der Waals surface area contributed by atoms with Crippen LogP contribution in [0.4, 0.5) is 0 Å². The number of likely N-dealkylation sites (tertiary alicyclic amines) is 1. The highest BCUT2D eigenvalue weighted by atomic mass is 79.9. The molecule has 1 aromatic rings. The minimum absolute atomic E-state index is 0.0337. The fourth-order valence-electron chi connectivity index (χ4n) is 3.84. The van der Waals surface area contributed by atoms with Gasteiger partial charge in [0, 0.05) is 23.6 Å². The Labute approximate surface area is 153 Å². The van der Waals surface area contributed by atoms with Crippen LogP contribution in [0.3, 0.4) is 0 Å². The molecule has 3 unspecified atom stereocenters. The van der Waals surface area contributed by atoms with Gasteiger partial charge in [-0.2, -0.15) is 0 Å². The van der Waals surface area contributed by atoms with Crippen molar-refractivity contribution in [3.05, 3.63) is 34.3 Å². The first kappa shape index (κ1) is 17.9. The first-order chi connectivity index (χ1) is 11.6. The minimum Gasteiger partial charge on any atom is -0.354 e. The Morgan fingerprint density at radius 3 is 2.83 bits per heavy atom. The predicted molar refractivity (Wildman–Crippen MR) is 101 cm³/mol. The number of hydrogen-bond donors (Lipinski definition) is 2. The molecule has 3 rings (SSSR count). The summed E-state index contributed by atoms with van der Waals surface area (Å²) in [6.45, 7) is 6.27. The van der Waals surface area contributed by atoms with Crippen molar-refractivity contribution in [2.24, 2.45) is 5.92 Å². The lowest BCUT2D eigenvalue weighted by molar-refractivity contribution is -0.123. The molecule has 2 heterocycles. The second-order valence-electron chi connectivity index (χ2n) is 7.12. The Hall–Kier alpha value is -0.910. The third-order valence-corrected chi connectivity index (χ3v) is 5.92. The van der Waals surface area contributed by atoms with Gasteiger partial charge in [-0.1, -0.05) is 28.1 Å². The molecule has 0 spiro atoms. The van der Waals surface area contributed by atoms with Crippen molar-refractivity contribution >= 4 is 21.8 Å². The van der Waals surface area contributed by atoms with Crippen LogP contribution in [0, 0.1) is 5.92 Å². The van der Waals surface area contributed by atoms with Gasteiger partial charge < -0.3 is 10.6 Å². The summed E-state index contributed by atoms with van der Waals surface area (Å²) in [4.78, 5) is 14.7. The quantitative estimate of drug-likeness (QED) is 0.807. The van der Waals surface area contributed by atoms with Crippen molar-refractivity contribution < 1.29 is 4.79 Å². The molecule has 5 heteroatoms. The number of nitrogens with zero attached hydrogens (tertiary/aromatic N) is 1.